The zero-order valence-corrected chi connectivity index (χ0v) is 9.33. The van der Waals surface area contributed by atoms with Crippen LogP contribution >= 0.6 is 0 Å². The molecule has 0 atom stereocenters. The van der Waals surface area contributed by atoms with Crippen molar-refractivity contribution < 1.29 is 0 Å². The number of benzene rings is 1. The van der Waals surface area contributed by atoms with Crippen LogP contribution in [0.2, 0.25) is 0 Å². The zero-order chi connectivity index (χ0) is 11.8. The van der Waals surface area contributed by atoms with Crippen molar-refractivity contribution in [1.29, 1.82) is 0 Å². The van der Waals surface area contributed by atoms with E-state index in [1.807, 2.05) is 31.2 Å². The molecule has 3 rings (SSSR count). The number of anilines is 1. The summed E-state index contributed by atoms with van der Waals surface area (Å²) in [5, 5.41) is 4.37. The fourth-order valence-electron chi connectivity index (χ4n) is 1.73. The van der Waals surface area contributed by atoms with Crippen LogP contribution in [-0.2, 0) is 0 Å². The van der Waals surface area contributed by atoms with E-state index in [9.17, 15) is 0 Å². The second-order valence-corrected chi connectivity index (χ2v) is 3.88. The maximum atomic E-state index is 5.65. The lowest BCUT2D eigenvalue weighted by molar-refractivity contribution is 0.945. The van der Waals surface area contributed by atoms with Crippen LogP contribution in [-0.4, -0.2) is 19.6 Å². The summed E-state index contributed by atoms with van der Waals surface area (Å²) in [6.45, 7) is 2.03. The van der Waals surface area contributed by atoms with Gasteiger partial charge in [0.1, 0.15) is 0 Å². The van der Waals surface area contributed by atoms with Gasteiger partial charge in [-0.1, -0.05) is 24.3 Å². The van der Waals surface area contributed by atoms with Gasteiger partial charge in [-0.25, -0.2) is 9.50 Å². The molecule has 17 heavy (non-hydrogen) atoms. The van der Waals surface area contributed by atoms with Crippen molar-refractivity contribution in [2.24, 2.45) is 0 Å². The van der Waals surface area contributed by atoms with E-state index < -0.39 is 0 Å². The molecule has 0 aliphatic rings. The van der Waals surface area contributed by atoms with E-state index >= 15 is 0 Å². The molecule has 2 aromatic heterocycles. The molecule has 0 aliphatic carbocycles. The van der Waals surface area contributed by atoms with Gasteiger partial charge in [-0.2, -0.15) is 4.98 Å². The normalized spacial score (nSPS) is 10.9. The van der Waals surface area contributed by atoms with Crippen LogP contribution in [0.1, 0.15) is 5.56 Å². The predicted molar refractivity (Wildman–Crippen MR) is 65.4 cm³/mol. The molecule has 5 heteroatoms. The van der Waals surface area contributed by atoms with Crippen molar-refractivity contribution in [1.82, 2.24) is 19.6 Å². The minimum atomic E-state index is 0.553. The number of nitrogens with two attached hydrogens (primary N) is 1. The molecular formula is C12H11N5. The third kappa shape index (κ3) is 1.61. The zero-order valence-electron chi connectivity index (χ0n) is 9.33. The SMILES string of the molecule is Cc1ccccc1-c1nc2ncc(N)cn2n1. The van der Waals surface area contributed by atoms with Crippen LogP contribution < -0.4 is 5.73 Å². The maximum Gasteiger partial charge on any atom is 0.252 e. The maximum absolute atomic E-state index is 5.65. The number of rotatable bonds is 1. The van der Waals surface area contributed by atoms with Gasteiger partial charge in [0.2, 0.25) is 0 Å². The molecule has 0 saturated carbocycles. The molecule has 0 fully saturated rings. The Balaban J connectivity index is 2.22. The lowest BCUT2D eigenvalue weighted by Crippen LogP contribution is -1.94. The molecule has 84 valence electrons. The summed E-state index contributed by atoms with van der Waals surface area (Å²) in [6.07, 6.45) is 3.28. The Morgan fingerprint density at radius 1 is 1.24 bits per heavy atom. The van der Waals surface area contributed by atoms with Crippen LogP contribution in [0.15, 0.2) is 36.7 Å². The Kier molecular flexibility index (Phi) is 2.04. The van der Waals surface area contributed by atoms with E-state index in [1.165, 1.54) is 0 Å². The number of nitrogens with zero attached hydrogens (tertiary/aromatic N) is 4. The highest BCUT2D eigenvalue weighted by molar-refractivity contribution is 5.61. The molecule has 0 spiro atoms. The van der Waals surface area contributed by atoms with Crippen LogP contribution in [0.5, 0.6) is 0 Å². The monoisotopic (exact) mass is 225 g/mol. The van der Waals surface area contributed by atoms with Gasteiger partial charge in [-0.3, -0.25) is 0 Å². The summed E-state index contributed by atoms with van der Waals surface area (Å²) in [5.74, 6) is 1.22. The van der Waals surface area contributed by atoms with Crippen molar-refractivity contribution in [3.05, 3.63) is 42.2 Å². The average molecular weight is 225 g/mol. The summed E-state index contributed by atoms with van der Waals surface area (Å²) < 4.78 is 1.59. The Labute approximate surface area is 97.9 Å². The Hall–Kier alpha value is -2.43. The quantitative estimate of drug-likeness (QED) is 0.684. The highest BCUT2D eigenvalue weighted by Crippen LogP contribution is 2.19. The van der Waals surface area contributed by atoms with E-state index in [-0.39, 0.29) is 0 Å². The third-order valence-corrected chi connectivity index (χ3v) is 2.60. The van der Waals surface area contributed by atoms with Crippen molar-refractivity contribution in [2.75, 3.05) is 5.73 Å². The molecule has 5 nitrogen and oxygen atoms in total. The smallest absolute Gasteiger partial charge is 0.252 e. The molecule has 0 unspecified atom stereocenters. The van der Waals surface area contributed by atoms with Crippen molar-refractivity contribution >= 4 is 11.5 Å². The summed E-state index contributed by atoms with van der Waals surface area (Å²) in [7, 11) is 0. The second-order valence-electron chi connectivity index (χ2n) is 3.88. The third-order valence-electron chi connectivity index (χ3n) is 2.60. The van der Waals surface area contributed by atoms with E-state index in [0.717, 1.165) is 11.1 Å². The Bertz CT molecular complexity index is 686. The number of aryl methyl sites for hydroxylation is 1. The van der Waals surface area contributed by atoms with Gasteiger partial charge in [0, 0.05) is 5.56 Å². The summed E-state index contributed by atoms with van der Waals surface area (Å²) in [6, 6.07) is 7.98. The van der Waals surface area contributed by atoms with Crippen molar-refractivity contribution in [3.63, 3.8) is 0 Å². The first-order valence-corrected chi connectivity index (χ1v) is 5.28. The molecular weight excluding hydrogens is 214 g/mol. The Morgan fingerprint density at radius 2 is 2.06 bits per heavy atom. The number of hydrogen-bond donors (Lipinski definition) is 1. The molecule has 3 aromatic rings. The van der Waals surface area contributed by atoms with Gasteiger partial charge < -0.3 is 5.73 Å². The van der Waals surface area contributed by atoms with Gasteiger partial charge in [-0.15, -0.1) is 5.10 Å². The standard InChI is InChI=1S/C12H11N5/c1-8-4-2-3-5-10(8)11-15-12-14-6-9(13)7-17(12)16-11/h2-7H,13H2,1H3. The van der Waals surface area contributed by atoms with Crippen LogP contribution in [0.25, 0.3) is 17.2 Å². The van der Waals surface area contributed by atoms with E-state index in [4.69, 9.17) is 5.73 Å². The predicted octanol–water partition coefficient (Wildman–Crippen LogP) is 1.68. The molecule has 2 N–H and O–H groups in total. The van der Waals surface area contributed by atoms with E-state index in [2.05, 4.69) is 15.1 Å². The molecule has 1 aromatic carbocycles. The number of aromatic nitrogens is 4. The lowest BCUT2D eigenvalue weighted by atomic mass is 10.1. The van der Waals surface area contributed by atoms with Gasteiger partial charge in [0.05, 0.1) is 18.1 Å². The first kappa shape index (κ1) is 9.77. The molecule has 0 amide bonds. The largest absolute Gasteiger partial charge is 0.396 e. The minimum absolute atomic E-state index is 0.553. The number of nitrogen functional groups attached to an aromatic ring is 1. The topological polar surface area (TPSA) is 69.1 Å². The number of fused-ring (bicyclic) bond motifs is 1. The molecule has 0 saturated heterocycles. The Morgan fingerprint density at radius 3 is 2.88 bits per heavy atom. The van der Waals surface area contributed by atoms with Gasteiger partial charge in [0.25, 0.3) is 5.78 Å². The molecule has 2 heterocycles. The minimum Gasteiger partial charge on any atom is -0.396 e. The van der Waals surface area contributed by atoms with Crippen LogP contribution in [0.3, 0.4) is 0 Å². The first-order chi connectivity index (χ1) is 8.24. The molecule has 0 bridgehead atoms. The molecule has 0 aliphatic heterocycles. The first-order valence-electron chi connectivity index (χ1n) is 5.28. The average Bonchev–Trinajstić information content (AvgIpc) is 2.72. The number of hydrogen-bond acceptors (Lipinski definition) is 4. The highest BCUT2D eigenvalue weighted by Gasteiger charge is 2.08. The second kappa shape index (κ2) is 3.55. The summed E-state index contributed by atoms with van der Waals surface area (Å²) in [4.78, 5) is 8.49. The van der Waals surface area contributed by atoms with Crippen LogP contribution in [0.4, 0.5) is 5.69 Å². The summed E-state index contributed by atoms with van der Waals surface area (Å²) >= 11 is 0. The van der Waals surface area contributed by atoms with Gasteiger partial charge in [-0.05, 0) is 12.5 Å². The van der Waals surface area contributed by atoms with Crippen LogP contribution in [0, 0.1) is 6.92 Å². The lowest BCUT2D eigenvalue weighted by Gasteiger charge is -1.98. The fraction of sp³-hybridized carbons (Fsp3) is 0.0833. The van der Waals surface area contributed by atoms with Gasteiger partial charge in [0.15, 0.2) is 5.82 Å². The summed E-state index contributed by atoms with van der Waals surface area (Å²) in [5.41, 5.74) is 8.37. The van der Waals surface area contributed by atoms with Crippen molar-refractivity contribution in [2.45, 2.75) is 6.92 Å². The van der Waals surface area contributed by atoms with Gasteiger partial charge >= 0.3 is 0 Å². The van der Waals surface area contributed by atoms with Crippen molar-refractivity contribution in [3.8, 4) is 11.4 Å². The van der Waals surface area contributed by atoms with E-state index in [1.54, 1.807) is 16.9 Å². The van der Waals surface area contributed by atoms with E-state index in [0.29, 0.717) is 17.3 Å². The molecule has 0 radical (unpaired) electrons. The fourth-order valence-corrected chi connectivity index (χ4v) is 1.73. The highest BCUT2D eigenvalue weighted by atomic mass is 15.3.